The first-order chi connectivity index (χ1) is 17.5. The number of amides is 1. The standard InChI is InChI=1S/C29H31N3O4S/c1-7-36-28(35)24-22-16-37-26(30-25(33)19-8-12-20(13-9-19)29(4,5)6)23(22)27(34)32(31-24)21-14-10-18(11-15-21)17(2)3/h8-17H,7H2,1-6H3,(H,30,33). The van der Waals surface area contributed by atoms with Gasteiger partial charge in [0.1, 0.15) is 5.00 Å². The van der Waals surface area contributed by atoms with Crippen LogP contribution in [0.5, 0.6) is 0 Å². The summed E-state index contributed by atoms with van der Waals surface area (Å²) in [7, 11) is 0. The first-order valence-corrected chi connectivity index (χ1v) is 13.1. The molecule has 4 aromatic rings. The fourth-order valence-electron chi connectivity index (χ4n) is 3.96. The topological polar surface area (TPSA) is 90.3 Å². The largest absolute Gasteiger partial charge is 0.461 e. The number of thiophene rings is 1. The lowest BCUT2D eigenvalue weighted by atomic mass is 9.87. The number of hydrogen-bond donors (Lipinski definition) is 1. The van der Waals surface area contributed by atoms with Gasteiger partial charge < -0.3 is 10.1 Å². The first-order valence-electron chi connectivity index (χ1n) is 12.2. The fourth-order valence-corrected chi connectivity index (χ4v) is 4.90. The number of hydrogen-bond acceptors (Lipinski definition) is 6. The Kier molecular flexibility index (Phi) is 7.32. The number of nitrogens with one attached hydrogen (secondary N) is 1. The fraction of sp³-hybridized carbons (Fsp3) is 0.310. The number of anilines is 1. The Morgan fingerprint density at radius 1 is 1.05 bits per heavy atom. The number of carbonyl (C=O) groups excluding carboxylic acids is 2. The molecular weight excluding hydrogens is 486 g/mol. The third-order valence-electron chi connectivity index (χ3n) is 6.17. The quantitative estimate of drug-likeness (QED) is 0.303. The number of esters is 1. The van der Waals surface area contributed by atoms with Crippen LogP contribution in [0, 0.1) is 0 Å². The molecule has 2 aromatic carbocycles. The molecule has 0 unspecified atom stereocenters. The molecule has 2 heterocycles. The van der Waals surface area contributed by atoms with Crippen molar-refractivity contribution in [3.63, 3.8) is 0 Å². The summed E-state index contributed by atoms with van der Waals surface area (Å²) in [6, 6.07) is 14.9. The molecule has 0 spiro atoms. The molecule has 2 aromatic heterocycles. The van der Waals surface area contributed by atoms with Gasteiger partial charge in [0, 0.05) is 16.3 Å². The number of aromatic nitrogens is 2. The van der Waals surface area contributed by atoms with Gasteiger partial charge in [0.25, 0.3) is 11.5 Å². The van der Waals surface area contributed by atoms with Gasteiger partial charge in [-0.25, -0.2) is 4.79 Å². The minimum absolute atomic E-state index is 0.0238. The number of fused-ring (bicyclic) bond motifs is 1. The van der Waals surface area contributed by atoms with Crippen molar-refractivity contribution in [1.29, 1.82) is 0 Å². The summed E-state index contributed by atoms with van der Waals surface area (Å²) >= 11 is 1.17. The molecule has 1 N–H and O–H groups in total. The minimum Gasteiger partial charge on any atom is -0.461 e. The van der Waals surface area contributed by atoms with Gasteiger partial charge in [-0.05, 0) is 53.6 Å². The molecule has 7 nitrogen and oxygen atoms in total. The number of carbonyl (C=O) groups is 2. The van der Waals surface area contributed by atoms with Crippen molar-refractivity contribution in [2.24, 2.45) is 0 Å². The molecule has 0 saturated carbocycles. The normalized spacial score (nSPS) is 11.6. The zero-order chi connectivity index (χ0) is 26.9. The second-order valence-electron chi connectivity index (χ2n) is 10.2. The van der Waals surface area contributed by atoms with E-state index >= 15 is 0 Å². The van der Waals surface area contributed by atoms with Gasteiger partial charge in [0.15, 0.2) is 5.69 Å². The van der Waals surface area contributed by atoms with Crippen LogP contribution >= 0.6 is 11.3 Å². The summed E-state index contributed by atoms with van der Waals surface area (Å²) in [6.07, 6.45) is 0. The second-order valence-corrected chi connectivity index (χ2v) is 11.0. The van der Waals surface area contributed by atoms with Crippen LogP contribution in [0.3, 0.4) is 0 Å². The molecule has 0 aliphatic carbocycles. The van der Waals surface area contributed by atoms with E-state index in [1.807, 2.05) is 24.3 Å². The van der Waals surface area contributed by atoms with Gasteiger partial charge in [0.05, 0.1) is 17.7 Å². The van der Waals surface area contributed by atoms with E-state index in [1.165, 1.54) is 16.0 Å². The van der Waals surface area contributed by atoms with E-state index in [9.17, 15) is 14.4 Å². The number of rotatable bonds is 6. The van der Waals surface area contributed by atoms with E-state index < -0.39 is 11.5 Å². The Bertz CT molecular complexity index is 1510. The van der Waals surface area contributed by atoms with Crippen molar-refractivity contribution < 1.29 is 14.3 Å². The lowest BCUT2D eigenvalue weighted by Crippen LogP contribution is -2.25. The third-order valence-corrected chi connectivity index (χ3v) is 7.06. The predicted molar refractivity (Wildman–Crippen MR) is 148 cm³/mol. The van der Waals surface area contributed by atoms with Gasteiger partial charge >= 0.3 is 5.97 Å². The van der Waals surface area contributed by atoms with E-state index in [4.69, 9.17) is 4.74 Å². The SMILES string of the molecule is CCOC(=O)c1nn(-c2ccc(C(C)C)cc2)c(=O)c2c(NC(=O)c3ccc(C(C)(C)C)cc3)scc12. The van der Waals surface area contributed by atoms with E-state index in [2.05, 4.69) is 45.0 Å². The minimum atomic E-state index is -0.631. The molecule has 0 radical (unpaired) electrons. The molecule has 0 aliphatic heterocycles. The molecule has 1 amide bonds. The summed E-state index contributed by atoms with van der Waals surface area (Å²) in [5.74, 6) is -0.646. The summed E-state index contributed by atoms with van der Waals surface area (Å²) in [5.41, 5.74) is 2.78. The van der Waals surface area contributed by atoms with Gasteiger partial charge in [-0.15, -0.1) is 11.3 Å². The smallest absolute Gasteiger partial charge is 0.359 e. The molecule has 0 saturated heterocycles. The molecule has 0 atom stereocenters. The summed E-state index contributed by atoms with van der Waals surface area (Å²) < 4.78 is 6.41. The average Bonchev–Trinajstić information content (AvgIpc) is 3.28. The van der Waals surface area contributed by atoms with Crippen LogP contribution in [0.1, 0.15) is 79.4 Å². The molecule has 4 rings (SSSR count). The van der Waals surface area contributed by atoms with Crippen LogP contribution in [-0.4, -0.2) is 28.3 Å². The Morgan fingerprint density at radius 3 is 2.27 bits per heavy atom. The Morgan fingerprint density at radius 2 is 1.70 bits per heavy atom. The van der Waals surface area contributed by atoms with Crippen LogP contribution in [0.4, 0.5) is 5.00 Å². The van der Waals surface area contributed by atoms with Crippen molar-refractivity contribution in [1.82, 2.24) is 9.78 Å². The predicted octanol–water partition coefficient (Wildman–Crippen LogP) is 6.30. The zero-order valence-corrected chi connectivity index (χ0v) is 22.7. The van der Waals surface area contributed by atoms with Crippen LogP contribution < -0.4 is 10.9 Å². The van der Waals surface area contributed by atoms with Gasteiger partial charge in [-0.3, -0.25) is 9.59 Å². The maximum atomic E-state index is 13.6. The van der Waals surface area contributed by atoms with Crippen molar-refractivity contribution in [2.75, 3.05) is 11.9 Å². The van der Waals surface area contributed by atoms with E-state index in [0.717, 1.165) is 11.1 Å². The lowest BCUT2D eigenvalue weighted by molar-refractivity contribution is 0.0520. The molecule has 0 fully saturated rings. The van der Waals surface area contributed by atoms with Crippen LogP contribution in [-0.2, 0) is 10.2 Å². The van der Waals surface area contributed by atoms with Crippen molar-refractivity contribution >= 4 is 39.0 Å². The van der Waals surface area contributed by atoms with Gasteiger partial charge in [0.2, 0.25) is 0 Å². The number of ether oxygens (including phenoxy) is 1. The summed E-state index contributed by atoms with van der Waals surface area (Å²) in [5, 5.41) is 9.81. The van der Waals surface area contributed by atoms with Crippen LogP contribution in [0.2, 0.25) is 0 Å². The first kappa shape index (κ1) is 26.3. The Hall–Kier alpha value is -3.78. The molecule has 8 heteroatoms. The molecular formula is C29H31N3O4S. The van der Waals surface area contributed by atoms with Gasteiger partial charge in [-0.2, -0.15) is 9.78 Å². The van der Waals surface area contributed by atoms with Crippen molar-refractivity contribution in [2.45, 2.75) is 52.9 Å². The Labute approximate surface area is 220 Å². The summed E-state index contributed by atoms with van der Waals surface area (Å²) in [6.45, 7) is 12.4. The van der Waals surface area contributed by atoms with Crippen LogP contribution in [0.25, 0.3) is 16.5 Å². The highest BCUT2D eigenvalue weighted by Gasteiger charge is 2.24. The Balaban J connectivity index is 1.80. The highest BCUT2D eigenvalue weighted by molar-refractivity contribution is 7.16. The molecule has 0 aliphatic rings. The maximum Gasteiger partial charge on any atom is 0.359 e. The highest BCUT2D eigenvalue weighted by Crippen LogP contribution is 2.31. The summed E-state index contributed by atoms with van der Waals surface area (Å²) in [4.78, 5) is 39.5. The molecule has 37 heavy (non-hydrogen) atoms. The van der Waals surface area contributed by atoms with Gasteiger partial charge in [-0.1, -0.05) is 58.9 Å². The third kappa shape index (κ3) is 5.34. The van der Waals surface area contributed by atoms with E-state index in [-0.39, 0.29) is 29.0 Å². The maximum absolute atomic E-state index is 13.6. The number of nitrogens with zero attached hydrogens (tertiary/aromatic N) is 2. The monoisotopic (exact) mass is 517 g/mol. The van der Waals surface area contributed by atoms with E-state index in [0.29, 0.717) is 27.6 Å². The molecule has 0 bridgehead atoms. The zero-order valence-electron chi connectivity index (χ0n) is 21.9. The van der Waals surface area contributed by atoms with Crippen molar-refractivity contribution in [3.8, 4) is 5.69 Å². The average molecular weight is 518 g/mol. The number of benzene rings is 2. The lowest BCUT2D eigenvalue weighted by Gasteiger charge is -2.19. The van der Waals surface area contributed by atoms with Crippen LogP contribution in [0.15, 0.2) is 58.7 Å². The highest BCUT2D eigenvalue weighted by atomic mass is 32.1. The van der Waals surface area contributed by atoms with Crippen molar-refractivity contribution in [3.05, 3.63) is 86.6 Å². The molecule has 192 valence electrons. The second kappa shape index (κ2) is 10.3. The van der Waals surface area contributed by atoms with E-state index in [1.54, 1.807) is 36.6 Å².